The van der Waals surface area contributed by atoms with Crippen molar-refractivity contribution in [1.82, 2.24) is 5.32 Å². The molecular formula is C74H131NO8. The zero-order chi connectivity index (χ0) is 60.0. The number of nitrogens with one attached hydrogen (secondary N) is 1. The van der Waals surface area contributed by atoms with E-state index in [0.717, 1.165) is 77.0 Å². The van der Waals surface area contributed by atoms with Gasteiger partial charge in [0.15, 0.2) is 6.29 Å². The average Bonchev–Trinajstić information content (AvgIpc) is 3.60. The van der Waals surface area contributed by atoms with Crippen molar-refractivity contribution in [3.63, 3.8) is 0 Å². The molecule has 83 heavy (non-hydrogen) atoms. The van der Waals surface area contributed by atoms with Gasteiger partial charge in [-0.15, -0.1) is 0 Å². The van der Waals surface area contributed by atoms with Gasteiger partial charge in [0.1, 0.15) is 24.4 Å². The van der Waals surface area contributed by atoms with E-state index < -0.39 is 49.5 Å². The number of rotatable bonds is 60. The molecule has 0 aliphatic carbocycles. The van der Waals surface area contributed by atoms with Gasteiger partial charge >= 0.3 is 0 Å². The Kier molecular flexibility index (Phi) is 58.5. The molecule has 9 heteroatoms. The summed E-state index contributed by atoms with van der Waals surface area (Å²) in [5.41, 5.74) is 0. The van der Waals surface area contributed by atoms with Crippen LogP contribution in [0.25, 0.3) is 0 Å². The molecule has 0 aromatic heterocycles. The van der Waals surface area contributed by atoms with Crippen LogP contribution in [0.4, 0.5) is 0 Å². The minimum Gasteiger partial charge on any atom is -0.394 e. The largest absolute Gasteiger partial charge is 0.394 e. The fraction of sp³-hybridized carbons (Fsp3) is 0.770. The van der Waals surface area contributed by atoms with Crippen LogP contribution in [-0.2, 0) is 14.3 Å². The van der Waals surface area contributed by atoms with E-state index in [0.29, 0.717) is 6.42 Å². The molecule has 0 saturated carbocycles. The van der Waals surface area contributed by atoms with Crippen LogP contribution in [0, 0.1) is 0 Å². The molecule has 1 fully saturated rings. The quantitative estimate of drug-likeness (QED) is 0.0261. The highest BCUT2D eigenvalue weighted by Gasteiger charge is 2.44. The third-order valence-corrected chi connectivity index (χ3v) is 16.1. The molecule has 1 aliphatic heterocycles. The maximum absolute atomic E-state index is 13.1. The summed E-state index contributed by atoms with van der Waals surface area (Å²) in [6.07, 6.45) is 83.8. The summed E-state index contributed by atoms with van der Waals surface area (Å²) in [6, 6.07) is -0.832. The Morgan fingerprint density at radius 3 is 1.16 bits per heavy atom. The summed E-state index contributed by atoms with van der Waals surface area (Å²) in [5.74, 6) is -0.188. The SMILES string of the molecule is CC/C=C\C/C=C\C/C=C\C/C=C\C/C=C\CCCCCCCCCCCCCCCCCCCCCCCCCC(=O)NC(COC1OC(CO)C(O)C(O)C1O)C(O)/C=C/CC/C=C/CC/C=C/CCCCCCCCCCCCC. The van der Waals surface area contributed by atoms with Crippen LogP contribution in [0.3, 0.4) is 0 Å². The molecule has 0 spiro atoms. The molecule has 480 valence electrons. The van der Waals surface area contributed by atoms with Crippen LogP contribution < -0.4 is 5.32 Å². The second-order valence-corrected chi connectivity index (χ2v) is 23.9. The standard InChI is InChI=1S/C74H131NO8/c1-3-5-7-9-11-13-15-17-19-21-23-25-26-27-28-29-30-31-32-33-34-35-36-37-38-39-40-41-42-44-46-48-50-52-54-56-58-60-62-64-70(78)75-67(66-82-74-73(81)72(80)71(79)69(65-76)83-74)68(77)63-61-59-57-55-53-51-49-47-45-43-24-22-20-18-16-14-12-10-8-6-4-2/h5,7,11,13,17,19,23,25,27-28,45,47,53,55,61,63,67-69,71-74,76-77,79-81H,3-4,6,8-10,12,14-16,18,20-22,24,26,29-44,46,48-52,54,56-60,62,64-66H2,1-2H3,(H,75,78)/b7-5-,13-11-,19-17-,25-23-,28-27-,47-45+,55-53+,63-61+. The Morgan fingerprint density at radius 2 is 0.759 bits per heavy atom. The van der Waals surface area contributed by atoms with Crippen LogP contribution in [0.15, 0.2) is 97.2 Å². The molecule has 1 amide bonds. The first-order chi connectivity index (χ1) is 40.8. The van der Waals surface area contributed by atoms with Crippen LogP contribution in [0.1, 0.15) is 309 Å². The maximum Gasteiger partial charge on any atom is 0.220 e. The van der Waals surface area contributed by atoms with Crippen LogP contribution in [0.2, 0.25) is 0 Å². The molecule has 0 bridgehead atoms. The van der Waals surface area contributed by atoms with Gasteiger partial charge in [-0.2, -0.15) is 0 Å². The molecule has 7 atom stereocenters. The first kappa shape index (κ1) is 78.1. The third kappa shape index (κ3) is 50.9. The highest BCUT2D eigenvalue weighted by Crippen LogP contribution is 2.23. The summed E-state index contributed by atoms with van der Waals surface area (Å²) < 4.78 is 11.3. The fourth-order valence-electron chi connectivity index (χ4n) is 10.7. The summed E-state index contributed by atoms with van der Waals surface area (Å²) in [4.78, 5) is 13.1. The van der Waals surface area contributed by atoms with Gasteiger partial charge in [-0.3, -0.25) is 4.79 Å². The number of aliphatic hydroxyl groups excluding tert-OH is 5. The Hall–Kier alpha value is -2.89. The van der Waals surface area contributed by atoms with Gasteiger partial charge < -0.3 is 40.3 Å². The summed E-state index contributed by atoms with van der Waals surface area (Å²) in [6.45, 7) is 3.67. The minimum absolute atomic E-state index is 0.188. The van der Waals surface area contributed by atoms with Crippen LogP contribution in [0.5, 0.6) is 0 Å². The molecule has 0 aromatic rings. The van der Waals surface area contributed by atoms with Crippen molar-refractivity contribution in [3.8, 4) is 0 Å². The Labute approximate surface area is 511 Å². The number of hydrogen-bond donors (Lipinski definition) is 6. The van der Waals surface area contributed by atoms with Crippen molar-refractivity contribution in [2.24, 2.45) is 0 Å². The van der Waals surface area contributed by atoms with Crippen LogP contribution in [-0.4, -0.2) is 87.5 Å². The lowest BCUT2D eigenvalue weighted by Gasteiger charge is -2.40. The molecule has 1 rings (SSSR count). The van der Waals surface area contributed by atoms with E-state index in [1.807, 2.05) is 6.08 Å². The second-order valence-electron chi connectivity index (χ2n) is 23.9. The van der Waals surface area contributed by atoms with Crippen molar-refractivity contribution in [3.05, 3.63) is 97.2 Å². The Balaban J connectivity index is 2.10. The number of carbonyl (C=O) groups is 1. The predicted molar refractivity (Wildman–Crippen MR) is 355 cm³/mol. The predicted octanol–water partition coefficient (Wildman–Crippen LogP) is 19.1. The zero-order valence-corrected chi connectivity index (χ0v) is 53.7. The molecule has 7 unspecified atom stereocenters. The number of ether oxygens (including phenoxy) is 2. The molecule has 1 heterocycles. The monoisotopic (exact) mass is 1160 g/mol. The van der Waals surface area contributed by atoms with E-state index >= 15 is 0 Å². The van der Waals surface area contributed by atoms with Crippen LogP contribution >= 0.6 is 0 Å². The molecule has 6 N–H and O–H groups in total. The van der Waals surface area contributed by atoms with Gasteiger partial charge in [0.2, 0.25) is 5.91 Å². The van der Waals surface area contributed by atoms with E-state index in [2.05, 4.69) is 104 Å². The van der Waals surface area contributed by atoms with Crippen molar-refractivity contribution in [2.45, 2.75) is 352 Å². The lowest BCUT2D eigenvalue weighted by Crippen LogP contribution is -2.60. The zero-order valence-electron chi connectivity index (χ0n) is 53.7. The van der Waals surface area contributed by atoms with Crippen molar-refractivity contribution in [1.29, 1.82) is 0 Å². The van der Waals surface area contributed by atoms with Crippen molar-refractivity contribution >= 4 is 5.91 Å². The Bertz CT molecular complexity index is 1630. The summed E-state index contributed by atoms with van der Waals surface area (Å²) >= 11 is 0. The number of hydrogen-bond acceptors (Lipinski definition) is 8. The summed E-state index contributed by atoms with van der Waals surface area (Å²) in [7, 11) is 0. The van der Waals surface area contributed by atoms with E-state index in [4.69, 9.17) is 9.47 Å². The lowest BCUT2D eigenvalue weighted by atomic mass is 9.99. The van der Waals surface area contributed by atoms with Gasteiger partial charge in [0.05, 0.1) is 25.4 Å². The number of unbranched alkanes of at least 4 members (excludes halogenated alkanes) is 36. The first-order valence-corrected chi connectivity index (χ1v) is 35.0. The number of allylic oxidation sites excluding steroid dienone is 15. The van der Waals surface area contributed by atoms with Gasteiger partial charge in [0.25, 0.3) is 0 Å². The topological polar surface area (TPSA) is 149 Å². The molecule has 1 aliphatic rings. The number of carbonyl (C=O) groups excluding carboxylic acids is 1. The van der Waals surface area contributed by atoms with E-state index in [-0.39, 0.29) is 12.5 Å². The molecule has 0 aromatic carbocycles. The van der Waals surface area contributed by atoms with Crippen molar-refractivity contribution < 1.29 is 39.8 Å². The van der Waals surface area contributed by atoms with Gasteiger partial charge in [-0.25, -0.2) is 0 Å². The fourth-order valence-corrected chi connectivity index (χ4v) is 10.7. The van der Waals surface area contributed by atoms with E-state index in [9.17, 15) is 30.3 Å². The Morgan fingerprint density at radius 1 is 0.422 bits per heavy atom. The lowest BCUT2D eigenvalue weighted by molar-refractivity contribution is -0.302. The number of amides is 1. The highest BCUT2D eigenvalue weighted by atomic mass is 16.7. The van der Waals surface area contributed by atoms with E-state index in [1.54, 1.807) is 6.08 Å². The summed E-state index contributed by atoms with van der Waals surface area (Å²) in [5, 5.41) is 54.7. The molecular weight excluding hydrogens is 1030 g/mol. The molecule has 9 nitrogen and oxygen atoms in total. The van der Waals surface area contributed by atoms with Crippen molar-refractivity contribution in [2.75, 3.05) is 13.2 Å². The van der Waals surface area contributed by atoms with Gasteiger partial charge in [-0.1, -0.05) is 310 Å². The molecule has 0 radical (unpaired) electrons. The van der Waals surface area contributed by atoms with Gasteiger partial charge in [-0.05, 0) is 89.9 Å². The smallest absolute Gasteiger partial charge is 0.220 e. The highest BCUT2D eigenvalue weighted by molar-refractivity contribution is 5.76. The normalized spacial score (nSPS) is 18.9. The second kappa shape index (κ2) is 62.2. The minimum atomic E-state index is -1.58. The number of aliphatic hydroxyl groups is 5. The van der Waals surface area contributed by atoms with E-state index in [1.165, 1.54) is 212 Å². The van der Waals surface area contributed by atoms with Gasteiger partial charge in [0, 0.05) is 6.42 Å². The molecule has 1 saturated heterocycles. The average molecular weight is 1160 g/mol. The third-order valence-electron chi connectivity index (χ3n) is 16.1. The maximum atomic E-state index is 13.1. The first-order valence-electron chi connectivity index (χ1n) is 35.0.